The Hall–Kier alpha value is -1.77. The average molecular weight is 370 g/mol. The van der Waals surface area contributed by atoms with Crippen LogP contribution < -0.4 is 5.32 Å². The minimum Gasteiger partial charge on any atom is -0.394 e. The smallest absolute Gasteiger partial charge is 0.281 e. The van der Waals surface area contributed by atoms with Crippen molar-refractivity contribution in [1.82, 2.24) is 4.98 Å². The van der Waals surface area contributed by atoms with Gasteiger partial charge in [0.25, 0.3) is 5.69 Å². The van der Waals surface area contributed by atoms with Crippen molar-refractivity contribution < 1.29 is 14.8 Å². The molecule has 118 valence electrons. The standard InChI is InChI=1S/C14H16BrN3O4/c1-9-2-3-10-12(13(9)18(20)21)11(15)8-17-14(10)16-4-6-22-7-5-19/h2-3,8,19H,4-7H2,1H3,(H,16,17). The van der Waals surface area contributed by atoms with Gasteiger partial charge in [-0.2, -0.15) is 0 Å². The molecule has 0 radical (unpaired) electrons. The Kier molecular flexibility index (Phi) is 5.64. The Morgan fingerprint density at radius 1 is 1.45 bits per heavy atom. The van der Waals surface area contributed by atoms with Crippen LogP contribution in [0.1, 0.15) is 5.56 Å². The van der Waals surface area contributed by atoms with Crippen LogP contribution in [0.2, 0.25) is 0 Å². The summed E-state index contributed by atoms with van der Waals surface area (Å²) in [5, 5.41) is 24.3. The molecule has 0 spiro atoms. The highest BCUT2D eigenvalue weighted by molar-refractivity contribution is 9.10. The molecule has 0 fully saturated rings. The molecule has 2 rings (SSSR count). The van der Waals surface area contributed by atoms with E-state index in [4.69, 9.17) is 9.84 Å². The van der Waals surface area contributed by atoms with Crippen LogP contribution in [0.5, 0.6) is 0 Å². The summed E-state index contributed by atoms with van der Waals surface area (Å²) in [6.45, 7) is 2.87. The largest absolute Gasteiger partial charge is 0.394 e. The van der Waals surface area contributed by atoms with Gasteiger partial charge in [-0.3, -0.25) is 10.1 Å². The number of aromatic nitrogens is 1. The fourth-order valence-corrected chi connectivity index (χ4v) is 2.68. The van der Waals surface area contributed by atoms with Crippen LogP contribution in [0.15, 0.2) is 22.8 Å². The van der Waals surface area contributed by atoms with Gasteiger partial charge in [0.1, 0.15) is 5.82 Å². The summed E-state index contributed by atoms with van der Waals surface area (Å²) in [5.74, 6) is 0.564. The zero-order valence-corrected chi connectivity index (χ0v) is 13.6. The van der Waals surface area contributed by atoms with E-state index in [1.54, 1.807) is 19.2 Å². The van der Waals surface area contributed by atoms with Crippen LogP contribution in [0, 0.1) is 17.0 Å². The molecule has 1 aromatic heterocycles. The van der Waals surface area contributed by atoms with E-state index < -0.39 is 0 Å². The number of halogens is 1. The summed E-state index contributed by atoms with van der Waals surface area (Å²) >= 11 is 3.34. The van der Waals surface area contributed by atoms with Crippen LogP contribution in [-0.4, -0.2) is 41.4 Å². The molecule has 1 aromatic carbocycles. The number of anilines is 1. The molecular formula is C14H16BrN3O4. The minimum absolute atomic E-state index is 0.0229. The van der Waals surface area contributed by atoms with Gasteiger partial charge in [0, 0.05) is 23.7 Å². The summed E-state index contributed by atoms with van der Waals surface area (Å²) in [6.07, 6.45) is 1.55. The Morgan fingerprint density at radius 2 is 2.23 bits per heavy atom. The monoisotopic (exact) mass is 369 g/mol. The fourth-order valence-electron chi connectivity index (χ4n) is 2.17. The lowest BCUT2D eigenvalue weighted by molar-refractivity contribution is -0.383. The van der Waals surface area contributed by atoms with Crippen LogP contribution in [0.25, 0.3) is 10.8 Å². The number of nitrogens with zero attached hydrogens (tertiary/aromatic N) is 2. The Labute approximate surface area is 135 Å². The molecule has 0 aliphatic heterocycles. The average Bonchev–Trinajstić information content (AvgIpc) is 2.48. The third-order valence-electron chi connectivity index (χ3n) is 3.14. The highest BCUT2D eigenvalue weighted by atomic mass is 79.9. The molecule has 0 aliphatic carbocycles. The van der Waals surface area contributed by atoms with Crippen molar-refractivity contribution in [3.05, 3.63) is 38.5 Å². The maximum absolute atomic E-state index is 11.3. The molecule has 0 amide bonds. The number of aliphatic hydroxyl groups is 1. The lowest BCUT2D eigenvalue weighted by Gasteiger charge is -2.11. The number of hydrogen-bond donors (Lipinski definition) is 2. The summed E-state index contributed by atoms with van der Waals surface area (Å²) in [4.78, 5) is 15.2. The van der Waals surface area contributed by atoms with Gasteiger partial charge in [0.2, 0.25) is 0 Å². The molecule has 2 N–H and O–H groups in total. The van der Waals surface area contributed by atoms with E-state index in [0.717, 1.165) is 0 Å². The maximum Gasteiger partial charge on any atom is 0.281 e. The molecule has 8 heteroatoms. The van der Waals surface area contributed by atoms with E-state index in [0.29, 0.717) is 39.8 Å². The molecule has 0 atom stereocenters. The number of benzene rings is 1. The van der Waals surface area contributed by atoms with Gasteiger partial charge in [-0.15, -0.1) is 0 Å². The number of nitro groups is 1. The van der Waals surface area contributed by atoms with Gasteiger partial charge in [-0.1, -0.05) is 6.07 Å². The molecule has 0 saturated carbocycles. The van der Waals surface area contributed by atoms with Gasteiger partial charge < -0.3 is 15.2 Å². The van der Waals surface area contributed by atoms with E-state index >= 15 is 0 Å². The van der Waals surface area contributed by atoms with E-state index in [2.05, 4.69) is 26.2 Å². The number of pyridine rings is 1. The van der Waals surface area contributed by atoms with Gasteiger partial charge in [0.05, 0.1) is 34.6 Å². The topological polar surface area (TPSA) is 97.5 Å². The van der Waals surface area contributed by atoms with Gasteiger partial charge in [-0.25, -0.2) is 4.98 Å². The maximum atomic E-state index is 11.3. The minimum atomic E-state index is -0.378. The second kappa shape index (κ2) is 7.48. The van der Waals surface area contributed by atoms with Crippen molar-refractivity contribution in [2.45, 2.75) is 6.92 Å². The van der Waals surface area contributed by atoms with Crippen LogP contribution in [0.3, 0.4) is 0 Å². The van der Waals surface area contributed by atoms with E-state index in [-0.39, 0.29) is 23.8 Å². The highest BCUT2D eigenvalue weighted by Crippen LogP contribution is 2.37. The number of nitro benzene ring substituents is 1. The van der Waals surface area contributed by atoms with Crippen LogP contribution >= 0.6 is 15.9 Å². The van der Waals surface area contributed by atoms with E-state index in [9.17, 15) is 10.1 Å². The van der Waals surface area contributed by atoms with Crippen molar-refractivity contribution >= 4 is 38.2 Å². The van der Waals surface area contributed by atoms with Crippen molar-refractivity contribution in [2.75, 3.05) is 31.7 Å². The zero-order valence-electron chi connectivity index (χ0n) is 12.0. The molecule has 1 heterocycles. The SMILES string of the molecule is Cc1ccc2c(NCCOCCO)ncc(Br)c2c1[N+](=O)[O-]. The summed E-state index contributed by atoms with van der Waals surface area (Å²) in [5.41, 5.74) is 0.674. The third-order valence-corrected chi connectivity index (χ3v) is 3.74. The number of hydrogen-bond acceptors (Lipinski definition) is 6. The lowest BCUT2D eigenvalue weighted by Crippen LogP contribution is -2.12. The first-order chi connectivity index (χ1) is 10.6. The van der Waals surface area contributed by atoms with Crippen molar-refractivity contribution in [1.29, 1.82) is 0 Å². The quantitative estimate of drug-likeness (QED) is 0.442. The number of ether oxygens (including phenoxy) is 1. The van der Waals surface area contributed by atoms with Crippen LogP contribution in [0.4, 0.5) is 11.5 Å². The normalized spacial score (nSPS) is 10.9. The first-order valence-corrected chi connectivity index (χ1v) is 7.50. The molecule has 22 heavy (non-hydrogen) atoms. The van der Waals surface area contributed by atoms with E-state index in [1.165, 1.54) is 0 Å². The fraction of sp³-hybridized carbons (Fsp3) is 0.357. The van der Waals surface area contributed by atoms with Crippen molar-refractivity contribution in [2.24, 2.45) is 0 Å². The molecule has 2 aromatic rings. The number of rotatable bonds is 7. The zero-order chi connectivity index (χ0) is 16.1. The molecule has 0 unspecified atom stereocenters. The molecule has 7 nitrogen and oxygen atoms in total. The first kappa shape index (κ1) is 16.6. The van der Waals surface area contributed by atoms with Crippen molar-refractivity contribution in [3.63, 3.8) is 0 Å². The van der Waals surface area contributed by atoms with Crippen molar-refractivity contribution in [3.8, 4) is 0 Å². The molecule has 0 bridgehead atoms. The Bertz CT molecular complexity index is 693. The number of aryl methyl sites for hydroxylation is 1. The Morgan fingerprint density at radius 3 is 2.91 bits per heavy atom. The van der Waals surface area contributed by atoms with Crippen LogP contribution in [-0.2, 0) is 4.74 Å². The first-order valence-electron chi connectivity index (χ1n) is 6.71. The second-order valence-electron chi connectivity index (χ2n) is 4.63. The Balaban J connectivity index is 2.35. The third kappa shape index (κ3) is 3.52. The van der Waals surface area contributed by atoms with Gasteiger partial charge >= 0.3 is 0 Å². The predicted octanol–water partition coefficient (Wildman–Crippen LogP) is 2.63. The van der Waals surface area contributed by atoms with Gasteiger partial charge in [0.15, 0.2) is 0 Å². The number of aliphatic hydroxyl groups excluding tert-OH is 1. The molecular weight excluding hydrogens is 354 g/mol. The highest BCUT2D eigenvalue weighted by Gasteiger charge is 2.20. The molecule has 0 aliphatic rings. The summed E-state index contributed by atoms with van der Waals surface area (Å²) in [6, 6.07) is 3.52. The number of fused-ring (bicyclic) bond motifs is 1. The summed E-state index contributed by atoms with van der Waals surface area (Å²) in [7, 11) is 0. The van der Waals surface area contributed by atoms with Gasteiger partial charge in [-0.05, 0) is 28.9 Å². The predicted molar refractivity (Wildman–Crippen MR) is 87.2 cm³/mol. The second-order valence-corrected chi connectivity index (χ2v) is 5.48. The molecule has 0 saturated heterocycles. The lowest BCUT2D eigenvalue weighted by atomic mass is 10.1. The summed E-state index contributed by atoms with van der Waals surface area (Å²) < 4.78 is 5.75. The van der Waals surface area contributed by atoms with E-state index in [1.807, 2.05) is 6.07 Å². The number of nitrogens with one attached hydrogen (secondary N) is 1.